The summed E-state index contributed by atoms with van der Waals surface area (Å²) in [5, 5.41) is 3.98. The predicted molar refractivity (Wildman–Crippen MR) is 132 cm³/mol. The van der Waals surface area contributed by atoms with Crippen LogP contribution in [0.2, 0.25) is 0 Å². The Kier molecular flexibility index (Phi) is 6.25. The monoisotopic (exact) mass is 480 g/mol. The van der Waals surface area contributed by atoms with Crippen LogP contribution in [0.4, 0.5) is 15.9 Å². The highest BCUT2D eigenvalue weighted by Gasteiger charge is 2.23. The molecule has 0 atom stereocenters. The molecule has 176 valence electrons. The van der Waals surface area contributed by atoms with Crippen LogP contribution in [0.1, 0.15) is 28.1 Å². The molecular formula is C24H25FN6O2S. The van der Waals surface area contributed by atoms with Crippen molar-refractivity contribution in [3.63, 3.8) is 0 Å². The molecule has 5 rings (SSSR count). The van der Waals surface area contributed by atoms with E-state index in [-0.39, 0.29) is 11.9 Å². The first-order chi connectivity index (χ1) is 16.5. The summed E-state index contributed by atoms with van der Waals surface area (Å²) in [6.45, 7) is 5.24. The van der Waals surface area contributed by atoms with E-state index in [0.29, 0.717) is 37.9 Å². The molecule has 1 aromatic carbocycles. The number of piperidine rings is 1. The van der Waals surface area contributed by atoms with Gasteiger partial charge in [0, 0.05) is 31.4 Å². The first-order valence-corrected chi connectivity index (χ1v) is 12.0. The van der Waals surface area contributed by atoms with Crippen LogP contribution in [0, 0.1) is 12.7 Å². The van der Waals surface area contributed by atoms with Gasteiger partial charge in [-0.3, -0.25) is 14.7 Å². The van der Waals surface area contributed by atoms with Gasteiger partial charge in [0.1, 0.15) is 34.6 Å². The Labute approximate surface area is 200 Å². The van der Waals surface area contributed by atoms with Gasteiger partial charge in [-0.1, -0.05) is 6.08 Å². The number of carbonyl (C=O) groups is 1. The minimum atomic E-state index is -0.500. The summed E-state index contributed by atoms with van der Waals surface area (Å²) in [5.41, 5.74) is 7.94. The van der Waals surface area contributed by atoms with E-state index in [1.807, 2.05) is 6.92 Å². The van der Waals surface area contributed by atoms with Gasteiger partial charge >= 0.3 is 0 Å². The van der Waals surface area contributed by atoms with E-state index in [1.54, 1.807) is 6.07 Å². The zero-order valence-corrected chi connectivity index (χ0v) is 19.6. The minimum absolute atomic E-state index is 0.0191. The molecule has 2 aromatic heterocycles. The number of amides is 1. The van der Waals surface area contributed by atoms with Crippen LogP contribution >= 0.6 is 11.3 Å². The van der Waals surface area contributed by atoms with Gasteiger partial charge in [-0.25, -0.2) is 14.4 Å². The lowest BCUT2D eigenvalue weighted by atomic mass is 10.1. The Morgan fingerprint density at radius 1 is 1.32 bits per heavy atom. The standard InChI is InChI=1S/C24H25FN6O2S/c1-14-20-23(28-13-29-24(20)34-21(14)22(26)32)30-18-5-4-15(25)11-19(18)33-17-6-9-31(10-7-17)12-16-3-2-8-27-16/h2-5,11,13,17H,6-10,12H2,1H3,(H2,26,32)(H,28,29,30). The number of hydrogen-bond donors (Lipinski definition) is 2. The number of carbonyl (C=O) groups excluding carboxylic acids is 1. The van der Waals surface area contributed by atoms with Crippen molar-refractivity contribution in [2.45, 2.75) is 25.9 Å². The molecule has 4 heterocycles. The second-order valence-corrected chi connectivity index (χ2v) is 9.42. The lowest BCUT2D eigenvalue weighted by Gasteiger charge is -2.32. The van der Waals surface area contributed by atoms with Gasteiger partial charge in [0.05, 0.1) is 22.5 Å². The SMILES string of the molecule is Cc1c(C(N)=O)sc2ncnc(Nc3ccc(F)cc3OC3CCN(CC4=NCC=C4)CC3)c12. The summed E-state index contributed by atoms with van der Waals surface area (Å²) in [6.07, 6.45) is 7.25. The molecule has 34 heavy (non-hydrogen) atoms. The van der Waals surface area contributed by atoms with Crippen molar-refractivity contribution in [1.82, 2.24) is 14.9 Å². The third-order valence-corrected chi connectivity index (χ3v) is 7.29. The normalized spacial score (nSPS) is 16.7. The van der Waals surface area contributed by atoms with E-state index >= 15 is 0 Å². The number of aromatic nitrogens is 2. The largest absolute Gasteiger partial charge is 0.488 e. The number of aryl methyl sites for hydroxylation is 1. The highest BCUT2D eigenvalue weighted by atomic mass is 32.1. The van der Waals surface area contributed by atoms with E-state index in [1.165, 1.54) is 29.8 Å². The number of ether oxygens (including phenoxy) is 1. The van der Waals surface area contributed by atoms with Gasteiger partial charge in [-0.2, -0.15) is 0 Å². The first kappa shape index (κ1) is 22.4. The molecule has 0 unspecified atom stereocenters. The summed E-state index contributed by atoms with van der Waals surface area (Å²) in [6, 6.07) is 4.40. The third-order valence-electron chi connectivity index (χ3n) is 6.07. The summed E-state index contributed by atoms with van der Waals surface area (Å²) in [7, 11) is 0. The first-order valence-electron chi connectivity index (χ1n) is 11.2. The van der Waals surface area contributed by atoms with Crippen LogP contribution in [0.25, 0.3) is 10.2 Å². The maximum atomic E-state index is 14.1. The second-order valence-electron chi connectivity index (χ2n) is 8.42. The Morgan fingerprint density at radius 2 is 2.15 bits per heavy atom. The number of primary amides is 1. The van der Waals surface area contributed by atoms with Gasteiger partial charge in [0.25, 0.3) is 5.91 Å². The quantitative estimate of drug-likeness (QED) is 0.532. The molecule has 3 N–H and O–H groups in total. The molecule has 0 saturated carbocycles. The number of nitrogens with two attached hydrogens (primary N) is 1. The lowest BCUT2D eigenvalue weighted by Crippen LogP contribution is -2.40. The fraction of sp³-hybridized carbons (Fsp3) is 0.333. The maximum Gasteiger partial charge on any atom is 0.259 e. The van der Waals surface area contributed by atoms with E-state index in [9.17, 15) is 9.18 Å². The molecule has 1 fully saturated rings. The summed E-state index contributed by atoms with van der Waals surface area (Å²) >= 11 is 1.23. The van der Waals surface area contributed by atoms with Crippen molar-refractivity contribution >= 4 is 44.7 Å². The number of nitrogens with zero attached hydrogens (tertiary/aromatic N) is 4. The Balaban J connectivity index is 1.33. The molecule has 10 heteroatoms. The Bertz CT molecular complexity index is 1300. The molecule has 0 radical (unpaired) electrons. The van der Waals surface area contributed by atoms with Crippen molar-refractivity contribution in [1.29, 1.82) is 0 Å². The van der Waals surface area contributed by atoms with Crippen molar-refractivity contribution in [2.24, 2.45) is 10.7 Å². The topological polar surface area (TPSA) is 106 Å². The Morgan fingerprint density at radius 3 is 2.88 bits per heavy atom. The average Bonchev–Trinajstić information content (AvgIpc) is 3.45. The minimum Gasteiger partial charge on any atom is -0.488 e. The highest BCUT2D eigenvalue weighted by Crippen LogP contribution is 2.37. The van der Waals surface area contributed by atoms with Gasteiger partial charge in [-0.05, 0) is 43.5 Å². The summed E-state index contributed by atoms with van der Waals surface area (Å²) < 4.78 is 20.4. The molecule has 2 aliphatic rings. The van der Waals surface area contributed by atoms with E-state index in [2.05, 4.69) is 37.3 Å². The van der Waals surface area contributed by atoms with Gasteiger partial charge in [-0.15, -0.1) is 11.3 Å². The van der Waals surface area contributed by atoms with E-state index in [4.69, 9.17) is 10.5 Å². The van der Waals surface area contributed by atoms with Crippen LogP contribution in [0.15, 0.2) is 41.7 Å². The van der Waals surface area contributed by atoms with Crippen LogP contribution in [0.5, 0.6) is 5.75 Å². The zero-order chi connectivity index (χ0) is 23.7. The van der Waals surface area contributed by atoms with Crippen molar-refractivity contribution < 1.29 is 13.9 Å². The van der Waals surface area contributed by atoms with Gasteiger partial charge < -0.3 is 15.8 Å². The number of thiophene rings is 1. The summed E-state index contributed by atoms with van der Waals surface area (Å²) in [5.74, 6) is 0.0680. The smallest absolute Gasteiger partial charge is 0.259 e. The number of anilines is 2. The number of likely N-dealkylation sites (tertiary alicyclic amines) is 1. The van der Waals surface area contributed by atoms with E-state index in [0.717, 1.165) is 44.7 Å². The molecule has 0 spiro atoms. The second kappa shape index (κ2) is 9.47. The number of fused-ring (bicyclic) bond motifs is 1. The predicted octanol–water partition coefficient (Wildman–Crippen LogP) is 3.84. The molecule has 3 aromatic rings. The fourth-order valence-electron chi connectivity index (χ4n) is 4.33. The molecule has 2 aliphatic heterocycles. The van der Waals surface area contributed by atoms with E-state index < -0.39 is 5.91 Å². The molecular weight excluding hydrogens is 455 g/mol. The molecule has 8 nitrogen and oxygen atoms in total. The van der Waals surface area contributed by atoms with Crippen molar-refractivity contribution in [3.05, 3.63) is 52.9 Å². The zero-order valence-electron chi connectivity index (χ0n) is 18.8. The number of nitrogens with one attached hydrogen (secondary N) is 1. The molecule has 1 amide bonds. The third kappa shape index (κ3) is 4.64. The van der Waals surface area contributed by atoms with Gasteiger partial charge in [0.2, 0.25) is 0 Å². The molecule has 0 aliphatic carbocycles. The number of benzene rings is 1. The number of halogens is 1. The number of rotatable bonds is 7. The maximum absolute atomic E-state index is 14.1. The van der Waals surface area contributed by atoms with Crippen LogP contribution in [0.3, 0.4) is 0 Å². The van der Waals surface area contributed by atoms with Crippen LogP contribution in [-0.4, -0.2) is 58.8 Å². The number of aliphatic imine (C=N–C) groups is 1. The van der Waals surface area contributed by atoms with Crippen molar-refractivity contribution in [2.75, 3.05) is 31.5 Å². The number of hydrogen-bond acceptors (Lipinski definition) is 8. The average molecular weight is 481 g/mol. The fourth-order valence-corrected chi connectivity index (χ4v) is 5.33. The Hall–Kier alpha value is -3.37. The highest BCUT2D eigenvalue weighted by molar-refractivity contribution is 7.20. The molecule has 1 saturated heterocycles. The van der Waals surface area contributed by atoms with Crippen molar-refractivity contribution in [3.8, 4) is 5.75 Å². The van der Waals surface area contributed by atoms with Gasteiger partial charge in [0.15, 0.2) is 0 Å². The lowest BCUT2D eigenvalue weighted by molar-refractivity contribution is 0.100. The summed E-state index contributed by atoms with van der Waals surface area (Å²) in [4.78, 5) is 28.4. The molecule has 0 bridgehead atoms. The van der Waals surface area contributed by atoms with Crippen LogP contribution in [-0.2, 0) is 0 Å². The van der Waals surface area contributed by atoms with Crippen LogP contribution < -0.4 is 15.8 Å².